The van der Waals surface area contributed by atoms with Crippen LogP contribution in [-0.4, -0.2) is 10.8 Å². The first-order valence-electron chi connectivity index (χ1n) is 7.61. The third-order valence-electron chi connectivity index (χ3n) is 4.00. The number of rotatable bonds is 3. The molecule has 0 fully saturated rings. The van der Waals surface area contributed by atoms with E-state index in [2.05, 4.69) is 15.4 Å². The summed E-state index contributed by atoms with van der Waals surface area (Å²) < 4.78 is 13.6. The van der Waals surface area contributed by atoms with E-state index in [1.807, 2.05) is 29.0 Å². The Morgan fingerprint density at radius 2 is 1.92 bits per heavy atom. The predicted molar refractivity (Wildman–Crippen MR) is 107 cm³/mol. The van der Waals surface area contributed by atoms with Gasteiger partial charge in [-0.25, -0.2) is 9.37 Å². The molecular weight excluding hydrogens is 373 g/mol. The molecule has 26 heavy (non-hydrogen) atoms. The zero-order chi connectivity index (χ0) is 18.3. The molecule has 0 bridgehead atoms. The van der Waals surface area contributed by atoms with Gasteiger partial charge in [-0.2, -0.15) is 16.4 Å². The number of benzene rings is 2. The molecule has 5 nitrogen and oxygen atoms in total. The van der Waals surface area contributed by atoms with Gasteiger partial charge >= 0.3 is 0 Å². The Kier molecular flexibility index (Phi) is 4.10. The van der Waals surface area contributed by atoms with Gasteiger partial charge in [0.05, 0.1) is 5.52 Å². The highest BCUT2D eigenvalue weighted by Crippen LogP contribution is 2.34. The average Bonchev–Trinajstić information content (AvgIpc) is 3.10. The summed E-state index contributed by atoms with van der Waals surface area (Å²) in [6.45, 7) is 0. The molecule has 2 aromatic heterocycles. The van der Waals surface area contributed by atoms with Crippen molar-refractivity contribution in [3.8, 4) is 0 Å². The highest BCUT2D eigenvalue weighted by molar-refractivity contribution is 7.09. The molecule has 4 aromatic rings. The Balaban J connectivity index is 1.90. The molecule has 0 saturated heterocycles. The number of amidine groups is 1. The molecule has 0 aliphatic rings. The zero-order valence-electron chi connectivity index (χ0n) is 13.3. The van der Waals surface area contributed by atoms with Crippen LogP contribution in [0.1, 0.15) is 5.56 Å². The van der Waals surface area contributed by atoms with Crippen LogP contribution in [0.5, 0.6) is 0 Å². The average molecular weight is 386 g/mol. The molecule has 8 heteroatoms. The number of hydrogen-bond acceptors (Lipinski definition) is 5. The lowest BCUT2D eigenvalue weighted by atomic mass is 10.1. The fourth-order valence-electron chi connectivity index (χ4n) is 2.81. The van der Waals surface area contributed by atoms with Crippen molar-refractivity contribution >= 4 is 62.0 Å². The van der Waals surface area contributed by atoms with E-state index < -0.39 is 5.82 Å². The van der Waals surface area contributed by atoms with Crippen molar-refractivity contribution in [2.75, 3.05) is 5.32 Å². The molecule has 0 aliphatic heterocycles. The van der Waals surface area contributed by atoms with Crippen LogP contribution in [0.15, 0.2) is 52.3 Å². The number of pyridine rings is 1. The molecule has 130 valence electrons. The van der Waals surface area contributed by atoms with Gasteiger partial charge in [0, 0.05) is 37.8 Å². The summed E-state index contributed by atoms with van der Waals surface area (Å²) in [5.41, 5.74) is 7.73. The van der Waals surface area contributed by atoms with E-state index in [4.69, 9.17) is 23.2 Å². The number of aromatic nitrogens is 1. The van der Waals surface area contributed by atoms with Crippen molar-refractivity contribution in [2.24, 2.45) is 16.7 Å². The van der Waals surface area contributed by atoms with Crippen molar-refractivity contribution < 1.29 is 4.39 Å². The quantitative estimate of drug-likeness (QED) is 0.208. The monoisotopic (exact) mass is 385 g/mol. The molecule has 4 rings (SSSR count). The molecular formula is C18H13ClFN5S. The number of anilines is 2. The molecule has 0 spiro atoms. The molecule has 5 N–H and O–H groups in total. The van der Waals surface area contributed by atoms with Crippen LogP contribution in [0.3, 0.4) is 0 Å². The second-order valence-electron chi connectivity index (χ2n) is 5.69. The van der Waals surface area contributed by atoms with E-state index in [0.717, 1.165) is 21.7 Å². The first-order valence-corrected chi connectivity index (χ1v) is 8.94. The zero-order valence-corrected chi connectivity index (χ0v) is 14.9. The summed E-state index contributed by atoms with van der Waals surface area (Å²) in [5, 5.41) is 14.0. The molecule has 0 aliphatic carbocycles. The molecule has 0 amide bonds. The summed E-state index contributed by atoms with van der Waals surface area (Å²) in [7, 11) is 0. The summed E-state index contributed by atoms with van der Waals surface area (Å²) in [4.78, 5) is 4.69. The van der Waals surface area contributed by atoms with E-state index in [1.165, 1.54) is 12.1 Å². The van der Waals surface area contributed by atoms with E-state index in [0.29, 0.717) is 22.1 Å². The number of thiophene rings is 1. The van der Waals surface area contributed by atoms with E-state index in [-0.39, 0.29) is 5.84 Å². The van der Waals surface area contributed by atoms with Gasteiger partial charge in [0.2, 0.25) is 0 Å². The summed E-state index contributed by atoms with van der Waals surface area (Å²) in [5.74, 6) is 5.68. The standard InChI is InChI=1S/C18H13ClFN5S/c19-10-4-11(20)6-12(5-10)23-18-15-8-26-7-14(15)13-2-1-9(17(21)25-22)3-16(13)24-18/h1-8H,22H2,(H2,21,25)(H,23,24). The van der Waals surface area contributed by atoms with Crippen LogP contribution in [-0.2, 0) is 0 Å². The van der Waals surface area contributed by atoms with Crippen molar-refractivity contribution in [2.45, 2.75) is 0 Å². The Morgan fingerprint density at radius 1 is 1.12 bits per heavy atom. The lowest BCUT2D eigenvalue weighted by Gasteiger charge is -2.11. The van der Waals surface area contributed by atoms with Crippen LogP contribution < -0.4 is 16.9 Å². The third-order valence-corrected chi connectivity index (χ3v) is 4.96. The number of hydrogen-bond donors (Lipinski definition) is 3. The highest BCUT2D eigenvalue weighted by atomic mass is 35.5. The molecule has 0 unspecified atom stereocenters. The van der Waals surface area contributed by atoms with Gasteiger partial charge < -0.3 is 16.9 Å². The Hall–Kier alpha value is -2.90. The highest BCUT2D eigenvalue weighted by Gasteiger charge is 2.12. The van der Waals surface area contributed by atoms with Crippen LogP contribution in [0.2, 0.25) is 5.02 Å². The SMILES string of the molecule is N/N=C(\N)c1ccc2c(c1)nc(Nc1cc(F)cc(Cl)c1)c1cscc12. The number of hydrazone groups is 1. The van der Waals surface area contributed by atoms with E-state index in [1.54, 1.807) is 17.4 Å². The molecule has 2 aromatic carbocycles. The number of fused-ring (bicyclic) bond motifs is 3. The van der Waals surface area contributed by atoms with Gasteiger partial charge in [-0.1, -0.05) is 23.7 Å². The lowest BCUT2D eigenvalue weighted by Crippen LogP contribution is -2.15. The maximum absolute atomic E-state index is 13.6. The van der Waals surface area contributed by atoms with Gasteiger partial charge in [-0.15, -0.1) is 0 Å². The third kappa shape index (κ3) is 2.91. The first-order chi connectivity index (χ1) is 12.5. The number of nitrogens with two attached hydrogens (primary N) is 2. The van der Waals surface area contributed by atoms with Gasteiger partial charge in [0.15, 0.2) is 0 Å². The largest absolute Gasteiger partial charge is 0.382 e. The number of nitrogens with one attached hydrogen (secondary N) is 1. The normalized spacial score (nSPS) is 12.0. The Labute approximate surface area is 157 Å². The summed E-state index contributed by atoms with van der Waals surface area (Å²) in [6, 6.07) is 9.87. The number of halogens is 2. The van der Waals surface area contributed by atoms with Crippen molar-refractivity contribution in [3.05, 3.63) is 63.6 Å². The first kappa shape index (κ1) is 16.6. The molecule has 2 heterocycles. The van der Waals surface area contributed by atoms with Gasteiger partial charge in [0.25, 0.3) is 0 Å². The smallest absolute Gasteiger partial charge is 0.150 e. The minimum Gasteiger partial charge on any atom is -0.382 e. The van der Waals surface area contributed by atoms with Crippen molar-refractivity contribution in [1.29, 1.82) is 0 Å². The minimum atomic E-state index is -0.420. The maximum Gasteiger partial charge on any atom is 0.150 e. The van der Waals surface area contributed by atoms with Crippen LogP contribution in [0.4, 0.5) is 15.9 Å². The summed E-state index contributed by atoms with van der Waals surface area (Å²) in [6.07, 6.45) is 0. The van der Waals surface area contributed by atoms with E-state index in [9.17, 15) is 4.39 Å². The summed E-state index contributed by atoms with van der Waals surface area (Å²) >= 11 is 7.51. The Morgan fingerprint density at radius 3 is 2.69 bits per heavy atom. The Bertz CT molecular complexity index is 1150. The van der Waals surface area contributed by atoms with Crippen molar-refractivity contribution in [3.63, 3.8) is 0 Å². The van der Waals surface area contributed by atoms with Crippen LogP contribution in [0, 0.1) is 5.82 Å². The van der Waals surface area contributed by atoms with Gasteiger partial charge in [-0.3, -0.25) is 0 Å². The van der Waals surface area contributed by atoms with Gasteiger partial charge in [-0.05, 0) is 29.6 Å². The predicted octanol–water partition coefficient (Wildman–Crippen LogP) is 4.56. The molecule has 0 radical (unpaired) electrons. The van der Waals surface area contributed by atoms with Crippen molar-refractivity contribution in [1.82, 2.24) is 4.98 Å². The minimum absolute atomic E-state index is 0.227. The second-order valence-corrected chi connectivity index (χ2v) is 6.87. The van der Waals surface area contributed by atoms with Crippen LogP contribution >= 0.6 is 22.9 Å². The molecule has 0 saturated carbocycles. The number of nitrogens with zero attached hydrogens (tertiary/aromatic N) is 2. The second kappa shape index (κ2) is 6.44. The fraction of sp³-hybridized carbons (Fsp3) is 0. The van der Waals surface area contributed by atoms with Gasteiger partial charge in [0.1, 0.15) is 17.5 Å². The van der Waals surface area contributed by atoms with Crippen LogP contribution in [0.25, 0.3) is 21.7 Å². The van der Waals surface area contributed by atoms with E-state index >= 15 is 0 Å². The fourth-order valence-corrected chi connectivity index (χ4v) is 3.87. The topological polar surface area (TPSA) is 89.3 Å². The molecule has 0 atom stereocenters. The maximum atomic E-state index is 13.6. The lowest BCUT2D eigenvalue weighted by molar-refractivity contribution is 0.628.